The lowest BCUT2D eigenvalue weighted by Crippen LogP contribution is -2.51. The number of carboxylic acid groups (broad SMARTS) is 3. The van der Waals surface area contributed by atoms with Crippen molar-refractivity contribution < 1.29 is 44.3 Å². The predicted octanol–water partition coefficient (Wildman–Crippen LogP) is 2.20. The number of piperidine rings is 1. The van der Waals surface area contributed by atoms with Gasteiger partial charge in [-0.05, 0) is 42.0 Å². The minimum atomic E-state index is -2.74. The number of halogens is 1. The SMILES string of the molecule is O=C(C(Cc1ccccc1Cl)CN1CCC2(CC1)OCc1ccccc12)N1CCNCC1.O=C(O)CC(O)(CC(=O)O)C(=O)O. The maximum absolute atomic E-state index is 13.5. The number of nitrogens with one attached hydrogen (secondary N) is 1. The summed E-state index contributed by atoms with van der Waals surface area (Å²) in [4.78, 5) is 48.5. The summed E-state index contributed by atoms with van der Waals surface area (Å²) >= 11 is 6.47. The van der Waals surface area contributed by atoms with E-state index >= 15 is 0 Å². The molecule has 5 rings (SSSR count). The minimum Gasteiger partial charge on any atom is -0.481 e. The zero-order valence-corrected chi connectivity index (χ0v) is 25.7. The molecule has 2 fully saturated rings. The number of fused-ring (bicyclic) bond motifs is 2. The van der Waals surface area contributed by atoms with E-state index in [9.17, 15) is 19.2 Å². The summed E-state index contributed by atoms with van der Waals surface area (Å²) in [5.74, 6) is -4.84. The largest absolute Gasteiger partial charge is 0.481 e. The van der Waals surface area contributed by atoms with Gasteiger partial charge in [0.25, 0.3) is 0 Å². The Bertz CT molecular complexity index is 1360. The van der Waals surface area contributed by atoms with Crippen LogP contribution in [0.3, 0.4) is 0 Å². The molecule has 3 heterocycles. The van der Waals surface area contributed by atoms with Crippen LogP contribution in [0, 0.1) is 5.92 Å². The molecule has 45 heavy (non-hydrogen) atoms. The molecule has 0 bridgehead atoms. The number of carbonyl (C=O) groups excluding carboxylic acids is 1. The third-order valence-corrected chi connectivity index (χ3v) is 9.01. The number of carboxylic acids is 3. The Hall–Kier alpha value is -3.55. The number of aliphatic hydroxyl groups is 1. The van der Waals surface area contributed by atoms with Crippen LogP contribution in [0.2, 0.25) is 5.02 Å². The predicted molar refractivity (Wildman–Crippen MR) is 164 cm³/mol. The summed E-state index contributed by atoms with van der Waals surface area (Å²) in [5.41, 5.74) is 0.866. The Labute approximate surface area is 266 Å². The van der Waals surface area contributed by atoms with Gasteiger partial charge in [-0.2, -0.15) is 0 Å². The first-order valence-corrected chi connectivity index (χ1v) is 15.4. The Morgan fingerprint density at radius 1 is 0.911 bits per heavy atom. The molecule has 13 heteroatoms. The molecule has 2 aromatic carbocycles. The topological polar surface area (TPSA) is 177 Å². The quantitative estimate of drug-likeness (QED) is 0.256. The van der Waals surface area contributed by atoms with E-state index in [0.29, 0.717) is 13.0 Å². The molecule has 1 atom stereocenters. The molecule has 3 aliphatic rings. The van der Waals surface area contributed by atoms with Gasteiger partial charge in [0.05, 0.1) is 31.0 Å². The number of likely N-dealkylation sites (tertiary alicyclic amines) is 1. The molecule has 0 saturated carbocycles. The van der Waals surface area contributed by atoms with E-state index in [1.165, 1.54) is 11.1 Å². The number of rotatable bonds is 10. The first-order chi connectivity index (χ1) is 21.4. The van der Waals surface area contributed by atoms with Crippen molar-refractivity contribution in [2.24, 2.45) is 5.92 Å². The number of benzene rings is 2. The molecular formula is C32H40ClN3O9. The summed E-state index contributed by atoms with van der Waals surface area (Å²) in [5, 5.41) is 37.9. The molecule has 3 aliphatic heterocycles. The van der Waals surface area contributed by atoms with Crippen LogP contribution < -0.4 is 5.32 Å². The zero-order valence-electron chi connectivity index (χ0n) is 25.0. The molecular weight excluding hydrogens is 606 g/mol. The molecule has 2 aromatic rings. The highest BCUT2D eigenvalue weighted by molar-refractivity contribution is 6.31. The second-order valence-corrected chi connectivity index (χ2v) is 12.2. The molecule has 0 radical (unpaired) electrons. The van der Waals surface area contributed by atoms with Crippen LogP contribution in [-0.2, 0) is 42.5 Å². The van der Waals surface area contributed by atoms with Gasteiger partial charge in [0.15, 0.2) is 5.60 Å². The summed E-state index contributed by atoms with van der Waals surface area (Å²) < 4.78 is 6.33. The standard InChI is InChI=1S/C26H32ClN3O2.C6H8O7/c27-24-8-4-2-5-20(24)17-22(25(31)30-15-11-28-12-16-30)18-29-13-9-26(10-14-29)23-7-3-1-6-21(23)19-32-26;7-3(8)1-6(13,5(11)12)2-4(9)10/h1-8,22,28H,9-19H2;13H,1-2H2,(H,7,8)(H,9,10)(H,11,12). The number of aliphatic carboxylic acids is 3. The number of ether oxygens (including phenoxy) is 1. The highest BCUT2D eigenvalue weighted by Gasteiger charge is 2.43. The maximum Gasteiger partial charge on any atom is 0.336 e. The van der Waals surface area contributed by atoms with E-state index in [0.717, 1.165) is 69.2 Å². The van der Waals surface area contributed by atoms with Crippen molar-refractivity contribution in [3.05, 3.63) is 70.2 Å². The number of amides is 1. The van der Waals surface area contributed by atoms with Crippen molar-refractivity contribution in [1.29, 1.82) is 0 Å². The van der Waals surface area contributed by atoms with Crippen LogP contribution in [0.1, 0.15) is 42.4 Å². The maximum atomic E-state index is 13.5. The monoisotopic (exact) mass is 645 g/mol. The van der Waals surface area contributed by atoms with Crippen LogP contribution in [0.15, 0.2) is 48.5 Å². The van der Waals surface area contributed by atoms with Gasteiger partial charge in [-0.1, -0.05) is 54.1 Å². The molecule has 244 valence electrons. The van der Waals surface area contributed by atoms with Gasteiger partial charge in [-0.25, -0.2) is 4.79 Å². The van der Waals surface area contributed by atoms with E-state index in [1.54, 1.807) is 0 Å². The minimum absolute atomic E-state index is 0.0844. The highest BCUT2D eigenvalue weighted by atomic mass is 35.5. The molecule has 0 aliphatic carbocycles. The summed E-state index contributed by atoms with van der Waals surface area (Å²) in [6, 6.07) is 16.5. The number of hydrogen-bond donors (Lipinski definition) is 5. The average molecular weight is 646 g/mol. The van der Waals surface area contributed by atoms with E-state index in [-0.39, 0.29) is 17.4 Å². The summed E-state index contributed by atoms with van der Waals surface area (Å²) in [6.45, 7) is 6.68. The van der Waals surface area contributed by atoms with Crippen molar-refractivity contribution in [3.8, 4) is 0 Å². The van der Waals surface area contributed by atoms with Crippen LogP contribution in [0.25, 0.3) is 0 Å². The fraction of sp³-hybridized carbons (Fsp3) is 0.500. The van der Waals surface area contributed by atoms with E-state index in [1.807, 2.05) is 23.1 Å². The van der Waals surface area contributed by atoms with Gasteiger partial charge in [0.2, 0.25) is 5.91 Å². The smallest absolute Gasteiger partial charge is 0.336 e. The Morgan fingerprint density at radius 2 is 1.51 bits per heavy atom. The van der Waals surface area contributed by atoms with E-state index in [4.69, 9.17) is 36.8 Å². The van der Waals surface area contributed by atoms with Crippen molar-refractivity contribution >= 4 is 35.4 Å². The fourth-order valence-corrected chi connectivity index (χ4v) is 6.44. The van der Waals surface area contributed by atoms with Crippen LogP contribution >= 0.6 is 11.6 Å². The molecule has 0 aromatic heterocycles. The Morgan fingerprint density at radius 3 is 2.11 bits per heavy atom. The number of piperazine rings is 1. The highest BCUT2D eigenvalue weighted by Crippen LogP contribution is 2.44. The molecule has 12 nitrogen and oxygen atoms in total. The van der Waals surface area contributed by atoms with Gasteiger partial charge < -0.3 is 40.3 Å². The second kappa shape index (κ2) is 15.2. The van der Waals surface area contributed by atoms with E-state index < -0.39 is 36.4 Å². The third kappa shape index (κ3) is 8.80. The first kappa shape index (κ1) is 34.3. The molecule has 2 saturated heterocycles. The van der Waals surface area contributed by atoms with E-state index in [2.05, 4.69) is 40.5 Å². The van der Waals surface area contributed by atoms with Gasteiger partial charge in [0, 0.05) is 50.8 Å². The van der Waals surface area contributed by atoms with Gasteiger partial charge in [0.1, 0.15) is 0 Å². The van der Waals surface area contributed by atoms with Gasteiger partial charge in [-0.15, -0.1) is 0 Å². The zero-order chi connectivity index (χ0) is 32.6. The lowest BCUT2D eigenvalue weighted by Gasteiger charge is -2.41. The van der Waals surface area contributed by atoms with Crippen LogP contribution in [-0.4, -0.2) is 105 Å². The summed E-state index contributed by atoms with van der Waals surface area (Å²) in [7, 11) is 0. The Balaban J connectivity index is 0.000000302. The lowest BCUT2D eigenvalue weighted by atomic mass is 9.83. The van der Waals surface area contributed by atoms with Crippen molar-refractivity contribution in [2.75, 3.05) is 45.8 Å². The molecule has 1 amide bonds. The average Bonchev–Trinajstić information content (AvgIpc) is 3.36. The van der Waals surface area contributed by atoms with Crippen LogP contribution in [0.4, 0.5) is 0 Å². The molecule has 1 unspecified atom stereocenters. The van der Waals surface area contributed by atoms with Crippen molar-refractivity contribution in [2.45, 2.75) is 49.9 Å². The number of carbonyl (C=O) groups is 4. The van der Waals surface area contributed by atoms with Crippen molar-refractivity contribution in [1.82, 2.24) is 15.1 Å². The first-order valence-electron chi connectivity index (χ1n) is 15.0. The van der Waals surface area contributed by atoms with Crippen LogP contribution in [0.5, 0.6) is 0 Å². The molecule has 1 spiro atoms. The number of hydrogen-bond acceptors (Lipinski definition) is 8. The second-order valence-electron chi connectivity index (χ2n) is 11.8. The van der Waals surface area contributed by atoms with Gasteiger partial charge >= 0.3 is 17.9 Å². The van der Waals surface area contributed by atoms with Crippen molar-refractivity contribution in [3.63, 3.8) is 0 Å². The fourth-order valence-electron chi connectivity index (χ4n) is 6.22. The normalized spacial score (nSPS) is 18.4. The third-order valence-electron chi connectivity index (χ3n) is 8.64. The summed E-state index contributed by atoms with van der Waals surface area (Å²) in [6.07, 6.45) is 0.349. The van der Waals surface area contributed by atoms with Gasteiger partial charge in [-0.3, -0.25) is 14.4 Å². The molecule has 5 N–H and O–H groups in total. The lowest BCUT2D eigenvalue weighted by molar-refractivity contribution is -0.170. The number of nitrogens with zero attached hydrogens (tertiary/aromatic N) is 2. The Kier molecular flexibility index (Phi) is 11.6.